The number of hydrogen-bond acceptors (Lipinski definition) is 6. The van der Waals surface area contributed by atoms with Crippen molar-refractivity contribution in [3.05, 3.63) is 58.6 Å². The number of nitrogens with one attached hydrogen (secondary N) is 2. The first kappa shape index (κ1) is 19.8. The van der Waals surface area contributed by atoms with E-state index in [-0.39, 0.29) is 21.2 Å². The zero-order valence-corrected chi connectivity index (χ0v) is 15.4. The molecule has 140 valence electrons. The predicted molar refractivity (Wildman–Crippen MR) is 95.8 cm³/mol. The number of rotatable bonds is 8. The van der Waals surface area contributed by atoms with Crippen molar-refractivity contribution in [3.63, 3.8) is 0 Å². The van der Waals surface area contributed by atoms with Crippen LogP contribution in [0, 0.1) is 10.1 Å². The van der Waals surface area contributed by atoms with E-state index in [0.717, 1.165) is 6.07 Å². The number of nitrogens with zero attached hydrogens (tertiary/aromatic N) is 1. The molecule has 0 saturated carbocycles. The molecule has 0 unspecified atom stereocenters. The first-order chi connectivity index (χ1) is 12.2. The van der Waals surface area contributed by atoms with Crippen molar-refractivity contribution in [2.45, 2.75) is 23.1 Å². The van der Waals surface area contributed by atoms with E-state index >= 15 is 0 Å². The first-order valence-electron chi connectivity index (χ1n) is 7.53. The SMILES string of the molecule is CCCNS(=O)(=O)c1ccc(NS(=O)(=O)c2cccc([N+](=O)[O-])c2)cc1. The molecule has 26 heavy (non-hydrogen) atoms. The minimum atomic E-state index is -4.05. The summed E-state index contributed by atoms with van der Waals surface area (Å²) in [5, 5.41) is 10.8. The summed E-state index contributed by atoms with van der Waals surface area (Å²) in [7, 11) is -7.70. The fourth-order valence-electron chi connectivity index (χ4n) is 2.00. The fourth-order valence-corrected chi connectivity index (χ4v) is 4.23. The summed E-state index contributed by atoms with van der Waals surface area (Å²) >= 11 is 0. The number of benzene rings is 2. The van der Waals surface area contributed by atoms with Crippen LogP contribution in [0.15, 0.2) is 58.3 Å². The molecule has 9 nitrogen and oxygen atoms in total. The lowest BCUT2D eigenvalue weighted by molar-refractivity contribution is -0.385. The third-order valence-corrected chi connectivity index (χ3v) is 6.15. The maximum Gasteiger partial charge on any atom is 0.270 e. The van der Waals surface area contributed by atoms with Crippen LogP contribution >= 0.6 is 0 Å². The molecule has 0 atom stereocenters. The topological polar surface area (TPSA) is 135 Å². The van der Waals surface area contributed by atoms with Crippen molar-refractivity contribution < 1.29 is 21.8 Å². The Morgan fingerprint density at radius 1 is 0.962 bits per heavy atom. The Balaban J connectivity index is 2.23. The quantitative estimate of drug-likeness (QED) is 0.515. The summed E-state index contributed by atoms with van der Waals surface area (Å²) in [4.78, 5) is 9.81. The monoisotopic (exact) mass is 399 g/mol. The number of sulfonamides is 2. The first-order valence-corrected chi connectivity index (χ1v) is 10.5. The normalized spacial score (nSPS) is 11.9. The second-order valence-electron chi connectivity index (χ2n) is 5.28. The molecule has 0 aliphatic heterocycles. The van der Waals surface area contributed by atoms with Gasteiger partial charge in [0.15, 0.2) is 0 Å². The van der Waals surface area contributed by atoms with Crippen molar-refractivity contribution in [1.82, 2.24) is 4.72 Å². The van der Waals surface area contributed by atoms with Crippen LogP contribution in [0.2, 0.25) is 0 Å². The molecule has 0 fully saturated rings. The van der Waals surface area contributed by atoms with E-state index in [1.165, 1.54) is 42.5 Å². The Labute approximate surface area is 151 Å². The standard InChI is InChI=1S/C15H17N3O6S2/c1-2-10-16-25(21,22)14-8-6-12(7-9-14)17-26(23,24)15-5-3-4-13(11-15)18(19)20/h3-9,11,16-17H,2,10H2,1H3. The van der Waals surface area contributed by atoms with Crippen molar-refractivity contribution in [2.75, 3.05) is 11.3 Å². The van der Waals surface area contributed by atoms with Crippen LogP contribution < -0.4 is 9.44 Å². The molecular formula is C15H17N3O6S2. The van der Waals surface area contributed by atoms with Gasteiger partial charge in [0.1, 0.15) is 0 Å². The Morgan fingerprint density at radius 3 is 2.19 bits per heavy atom. The lowest BCUT2D eigenvalue weighted by atomic mass is 10.3. The zero-order valence-electron chi connectivity index (χ0n) is 13.7. The molecule has 2 N–H and O–H groups in total. The minimum absolute atomic E-state index is 0.00393. The van der Waals surface area contributed by atoms with Crippen LogP contribution in [0.1, 0.15) is 13.3 Å². The van der Waals surface area contributed by atoms with E-state index in [1.807, 2.05) is 6.92 Å². The van der Waals surface area contributed by atoms with Crippen LogP contribution in [-0.2, 0) is 20.0 Å². The van der Waals surface area contributed by atoms with Gasteiger partial charge in [0.2, 0.25) is 10.0 Å². The van der Waals surface area contributed by atoms with Crippen molar-refractivity contribution >= 4 is 31.4 Å². The molecule has 0 aromatic heterocycles. The van der Waals surface area contributed by atoms with Gasteiger partial charge in [0.05, 0.1) is 14.7 Å². The fraction of sp³-hybridized carbons (Fsp3) is 0.200. The zero-order chi connectivity index (χ0) is 19.4. The van der Waals surface area contributed by atoms with Gasteiger partial charge in [-0.2, -0.15) is 0 Å². The molecule has 0 aliphatic carbocycles. The van der Waals surface area contributed by atoms with E-state index in [4.69, 9.17) is 0 Å². The van der Waals surface area contributed by atoms with E-state index in [1.54, 1.807) is 0 Å². The summed E-state index contributed by atoms with van der Waals surface area (Å²) in [6.45, 7) is 2.12. The predicted octanol–water partition coefficient (Wildman–Crippen LogP) is 2.08. The van der Waals surface area contributed by atoms with Gasteiger partial charge in [0, 0.05) is 24.4 Å². The highest BCUT2D eigenvalue weighted by Gasteiger charge is 2.18. The molecule has 2 aromatic carbocycles. The molecule has 0 spiro atoms. The lowest BCUT2D eigenvalue weighted by Crippen LogP contribution is -2.24. The Hall–Kier alpha value is -2.50. The van der Waals surface area contributed by atoms with Gasteiger partial charge in [-0.05, 0) is 36.8 Å². The summed E-state index contributed by atoms with van der Waals surface area (Å²) in [5.41, 5.74) is -0.220. The maximum atomic E-state index is 12.3. The Kier molecular flexibility index (Phi) is 5.95. The Bertz CT molecular complexity index is 1000. The lowest BCUT2D eigenvalue weighted by Gasteiger charge is -2.09. The molecule has 2 aromatic rings. The summed E-state index contributed by atoms with van der Waals surface area (Å²) in [6.07, 6.45) is 0.639. The van der Waals surface area contributed by atoms with Crippen molar-refractivity contribution in [2.24, 2.45) is 0 Å². The number of nitro benzene ring substituents is 1. The van der Waals surface area contributed by atoms with Gasteiger partial charge in [-0.1, -0.05) is 13.0 Å². The maximum absolute atomic E-state index is 12.3. The molecule has 0 radical (unpaired) electrons. The highest BCUT2D eigenvalue weighted by molar-refractivity contribution is 7.92. The molecular weight excluding hydrogens is 382 g/mol. The summed E-state index contributed by atoms with van der Waals surface area (Å²) in [6, 6.07) is 9.75. The van der Waals surface area contributed by atoms with E-state index in [0.29, 0.717) is 13.0 Å². The highest BCUT2D eigenvalue weighted by Crippen LogP contribution is 2.21. The average Bonchev–Trinajstić information content (AvgIpc) is 2.60. The number of anilines is 1. The van der Waals surface area contributed by atoms with E-state index in [2.05, 4.69) is 9.44 Å². The van der Waals surface area contributed by atoms with Gasteiger partial charge >= 0.3 is 0 Å². The molecule has 0 saturated heterocycles. The molecule has 0 bridgehead atoms. The third-order valence-electron chi connectivity index (χ3n) is 3.30. The van der Waals surface area contributed by atoms with Gasteiger partial charge in [-0.25, -0.2) is 21.6 Å². The van der Waals surface area contributed by atoms with Gasteiger partial charge in [-0.3, -0.25) is 14.8 Å². The smallest absolute Gasteiger partial charge is 0.270 e. The number of non-ortho nitro benzene ring substituents is 1. The van der Waals surface area contributed by atoms with Gasteiger partial charge in [0.25, 0.3) is 15.7 Å². The molecule has 0 aliphatic rings. The molecule has 0 heterocycles. The Morgan fingerprint density at radius 2 is 1.62 bits per heavy atom. The number of hydrogen-bond donors (Lipinski definition) is 2. The van der Waals surface area contributed by atoms with Crippen molar-refractivity contribution in [1.29, 1.82) is 0 Å². The van der Waals surface area contributed by atoms with E-state index in [9.17, 15) is 26.9 Å². The molecule has 11 heteroatoms. The van der Waals surface area contributed by atoms with Crippen LogP contribution in [0.25, 0.3) is 0 Å². The molecule has 0 amide bonds. The largest absolute Gasteiger partial charge is 0.280 e. The second-order valence-corrected chi connectivity index (χ2v) is 8.73. The van der Waals surface area contributed by atoms with Crippen LogP contribution in [0.4, 0.5) is 11.4 Å². The highest BCUT2D eigenvalue weighted by atomic mass is 32.2. The third kappa shape index (κ3) is 4.77. The van der Waals surface area contributed by atoms with Crippen molar-refractivity contribution in [3.8, 4) is 0 Å². The van der Waals surface area contributed by atoms with Crippen LogP contribution in [0.3, 0.4) is 0 Å². The van der Waals surface area contributed by atoms with E-state index < -0.39 is 25.0 Å². The minimum Gasteiger partial charge on any atom is -0.280 e. The van der Waals surface area contributed by atoms with Gasteiger partial charge in [-0.15, -0.1) is 0 Å². The molecule has 2 rings (SSSR count). The summed E-state index contributed by atoms with van der Waals surface area (Å²) < 4.78 is 53.3. The van der Waals surface area contributed by atoms with Gasteiger partial charge < -0.3 is 0 Å². The number of nitro groups is 1. The van der Waals surface area contributed by atoms with Crippen LogP contribution in [-0.4, -0.2) is 28.3 Å². The summed E-state index contributed by atoms with van der Waals surface area (Å²) in [5.74, 6) is 0. The van der Waals surface area contributed by atoms with Crippen LogP contribution in [0.5, 0.6) is 0 Å². The average molecular weight is 399 g/mol. The second kappa shape index (κ2) is 7.81.